The highest BCUT2D eigenvalue weighted by molar-refractivity contribution is 6.30. The Labute approximate surface area is 94.7 Å². The highest BCUT2D eigenvalue weighted by atomic mass is 35.5. The van der Waals surface area contributed by atoms with Crippen molar-refractivity contribution < 1.29 is 9.90 Å². The molecule has 1 heterocycles. The van der Waals surface area contributed by atoms with Crippen molar-refractivity contribution in [3.63, 3.8) is 0 Å². The molecule has 0 aliphatic rings. The zero-order valence-electron chi connectivity index (χ0n) is 9.03. The Morgan fingerprint density at radius 1 is 1.60 bits per heavy atom. The molecule has 0 amide bonds. The fraction of sp³-hybridized carbons (Fsp3) is 0.545. The Morgan fingerprint density at radius 3 is 2.73 bits per heavy atom. The fourth-order valence-electron chi connectivity index (χ4n) is 1.79. The van der Waals surface area contributed by atoms with Gasteiger partial charge in [-0.2, -0.15) is 0 Å². The predicted octanol–water partition coefficient (Wildman–Crippen LogP) is 3.59. The Morgan fingerprint density at radius 2 is 2.27 bits per heavy atom. The maximum atomic E-state index is 11.0. The van der Waals surface area contributed by atoms with Crippen LogP contribution in [0.3, 0.4) is 0 Å². The minimum absolute atomic E-state index is 0.230. The molecule has 0 saturated carbocycles. The largest absolute Gasteiger partial charge is 0.477 e. The average molecular weight is 230 g/mol. The fourth-order valence-corrected chi connectivity index (χ4v) is 2.00. The Hall–Kier alpha value is -0.960. The molecule has 1 aromatic rings. The topological polar surface area (TPSA) is 42.2 Å². The second-order valence-electron chi connectivity index (χ2n) is 3.61. The molecule has 1 aromatic heterocycles. The van der Waals surface area contributed by atoms with Crippen LogP contribution in [0.5, 0.6) is 0 Å². The second-order valence-corrected chi connectivity index (χ2v) is 4.04. The average Bonchev–Trinajstić information content (AvgIpc) is 2.56. The molecule has 1 atom stereocenters. The minimum atomic E-state index is -0.920. The number of halogens is 1. The maximum Gasteiger partial charge on any atom is 0.352 e. The number of nitrogens with zero attached hydrogens (tertiary/aromatic N) is 1. The first-order chi connectivity index (χ1) is 7.10. The van der Waals surface area contributed by atoms with Gasteiger partial charge >= 0.3 is 5.97 Å². The lowest BCUT2D eigenvalue weighted by molar-refractivity contribution is 0.0682. The molecule has 15 heavy (non-hydrogen) atoms. The lowest BCUT2D eigenvalue weighted by atomic mass is 10.1. The van der Waals surface area contributed by atoms with E-state index in [-0.39, 0.29) is 11.7 Å². The van der Waals surface area contributed by atoms with Crippen LogP contribution in [0.1, 0.15) is 49.6 Å². The molecule has 0 radical (unpaired) electrons. The van der Waals surface area contributed by atoms with Gasteiger partial charge in [0.25, 0.3) is 0 Å². The molecule has 0 fully saturated rings. The molecule has 0 saturated heterocycles. The van der Waals surface area contributed by atoms with Crippen LogP contribution in [0.4, 0.5) is 0 Å². The van der Waals surface area contributed by atoms with E-state index in [4.69, 9.17) is 16.7 Å². The first-order valence-electron chi connectivity index (χ1n) is 5.20. The van der Waals surface area contributed by atoms with Crippen LogP contribution in [0.25, 0.3) is 0 Å². The van der Waals surface area contributed by atoms with E-state index in [1.165, 1.54) is 6.07 Å². The van der Waals surface area contributed by atoms with E-state index in [2.05, 4.69) is 13.8 Å². The van der Waals surface area contributed by atoms with Crippen molar-refractivity contribution in [2.45, 2.75) is 39.2 Å². The zero-order chi connectivity index (χ0) is 11.4. The first-order valence-corrected chi connectivity index (χ1v) is 5.58. The molecule has 0 aromatic carbocycles. The van der Waals surface area contributed by atoms with Crippen LogP contribution in [0.15, 0.2) is 12.3 Å². The molecule has 1 N–H and O–H groups in total. The van der Waals surface area contributed by atoms with Gasteiger partial charge in [0.1, 0.15) is 5.69 Å². The van der Waals surface area contributed by atoms with E-state index >= 15 is 0 Å². The molecular weight excluding hydrogens is 214 g/mol. The van der Waals surface area contributed by atoms with Gasteiger partial charge in [-0.05, 0) is 18.9 Å². The lowest BCUT2D eigenvalue weighted by Gasteiger charge is -2.17. The Balaban J connectivity index is 3.04. The van der Waals surface area contributed by atoms with Crippen LogP contribution >= 0.6 is 11.6 Å². The summed E-state index contributed by atoms with van der Waals surface area (Å²) < 4.78 is 1.77. The number of carboxylic acid groups (broad SMARTS) is 1. The molecule has 4 heteroatoms. The number of carboxylic acids is 1. The number of aromatic nitrogens is 1. The molecule has 0 aliphatic carbocycles. The van der Waals surface area contributed by atoms with Gasteiger partial charge in [0.15, 0.2) is 0 Å². The van der Waals surface area contributed by atoms with Crippen molar-refractivity contribution in [2.75, 3.05) is 0 Å². The zero-order valence-corrected chi connectivity index (χ0v) is 9.79. The third-order valence-electron chi connectivity index (χ3n) is 2.52. The molecule has 0 spiro atoms. The van der Waals surface area contributed by atoms with Crippen LogP contribution in [0.2, 0.25) is 5.02 Å². The monoisotopic (exact) mass is 229 g/mol. The van der Waals surface area contributed by atoms with E-state index in [9.17, 15) is 4.79 Å². The molecule has 3 nitrogen and oxygen atoms in total. The number of carbonyl (C=O) groups is 1. The number of hydrogen-bond donors (Lipinski definition) is 1. The van der Waals surface area contributed by atoms with Crippen molar-refractivity contribution in [1.29, 1.82) is 0 Å². The molecule has 0 aliphatic heterocycles. The van der Waals surface area contributed by atoms with Gasteiger partial charge in [0.05, 0.1) is 5.02 Å². The van der Waals surface area contributed by atoms with Crippen molar-refractivity contribution in [1.82, 2.24) is 4.57 Å². The summed E-state index contributed by atoms with van der Waals surface area (Å²) >= 11 is 5.83. The summed E-state index contributed by atoms with van der Waals surface area (Å²) in [5.41, 5.74) is 0.278. The van der Waals surface area contributed by atoms with E-state index in [1.807, 2.05) is 0 Å². The quantitative estimate of drug-likeness (QED) is 0.839. The van der Waals surface area contributed by atoms with Crippen LogP contribution in [0, 0.1) is 0 Å². The highest BCUT2D eigenvalue weighted by Gasteiger charge is 2.17. The van der Waals surface area contributed by atoms with Crippen LogP contribution < -0.4 is 0 Å². The van der Waals surface area contributed by atoms with Gasteiger partial charge in [0, 0.05) is 12.2 Å². The lowest BCUT2D eigenvalue weighted by Crippen LogP contribution is -2.13. The molecule has 1 unspecified atom stereocenters. The predicted molar refractivity (Wildman–Crippen MR) is 60.6 cm³/mol. The molecule has 84 valence electrons. The first kappa shape index (κ1) is 12.1. The van der Waals surface area contributed by atoms with E-state index in [0.29, 0.717) is 5.02 Å². The van der Waals surface area contributed by atoms with E-state index in [0.717, 1.165) is 19.3 Å². The smallest absolute Gasteiger partial charge is 0.352 e. The van der Waals surface area contributed by atoms with Gasteiger partial charge < -0.3 is 9.67 Å². The summed E-state index contributed by atoms with van der Waals surface area (Å²) in [7, 11) is 0. The minimum Gasteiger partial charge on any atom is -0.477 e. The second kappa shape index (κ2) is 5.21. The highest BCUT2D eigenvalue weighted by Crippen LogP contribution is 2.24. The van der Waals surface area contributed by atoms with Crippen molar-refractivity contribution >= 4 is 17.6 Å². The van der Waals surface area contributed by atoms with Crippen molar-refractivity contribution in [2.24, 2.45) is 0 Å². The van der Waals surface area contributed by atoms with Crippen molar-refractivity contribution in [3.05, 3.63) is 23.0 Å². The third-order valence-corrected chi connectivity index (χ3v) is 2.73. The summed E-state index contributed by atoms with van der Waals surface area (Å²) in [5, 5.41) is 9.50. The van der Waals surface area contributed by atoms with Crippen molar-refractivity contribution in [3.8, 4) is 0 Å². The maximum absolute atomic E-state index is 11.0. The van der Waals surface area contributed by atoms with E-state index in [1.54, 1.807) is 10.8 Å². The van der Waals surface area contributed by atoms with Crippen LogP contribution in [-0.2, 0) is 0 Å². The molecule has 1 rings (SSSR count). The summed E-state index contributed by atoms with van der Waals surface area (Å²) in [6, 6.07) is 1.73. The standard InChI is InChI=1S/C11H16ClNO2/c1-3-5-9(4-2)13-7-8(12)6-10(13)11(14)15/h6-7,9H,3-5H2,1-2H3,(H,14,15). The van der Waals surface area contributed by atoms with Gasteiger partial charge in [-0.15, -0.1) is 0 Å². The Kier molecular flexibility index (Phi) is 4.21. The Bertz CT molecular complexity index is 346. The summed E-state index contributed by atoms with van der Waals surface area (Å²) in [5.74, 6) is -0.920. The number of aromatic carboxylic acids is 1. The number of rotatable bonds is 5. The van der Waals surface area contributed by atoms with E-state index < -0.39 is 5.97 Å². The van der Waals surface area contributed by atoms with Gasteiger partial charge in [-0.3, -0.25) is 0 Å². The van der Waals surface area contributed by atoms with Gasteiger partial charge in [0.2, 0.25) is 0 Å². The van der Waals surface area contributed by atoms with Gasteiger partial charge in [-0.25, -0.2) is 4.79 Å². The SMILES string of the molecule is CCCC(CC)n1cc(Cl)cc1C(=O)O. The summed E-state index contributed by atoms with van der Waals surface area (Å²) in [6.07, 6.45) is 4.63. The summed E-state index contributed by atoms with van der Waals surface area (Å²) in [6.45, 7) is 4.15. The van der Waals surface area contributed by atoms with Crippen LogP contribution in [-0.4, -0.2) is 15.6 Å². The van der Waals surface area contributed by atoms with Gasteiger partial charge in [-0.1, -0.05) is 31.9 Å². The normalized spacial score (nSPS) is 12.7. The third kappa shape index (κ3) is 2.75. The number of hydrogen-bond acceptors (Lipinski definition) is 1. The summed E-state index contributed by atoms with van der Waals surface area (Å²) in [4.78, 5) is 11.0. The molecule has 0 bridgehead atoms. The molecular formula is C11H16ClNO2.